The standard InChI is InChI=1S/C34H37FN4O2/c1-21(2)34(30(23(4)36-22(3)20-40)16-25-6-10-29(35)11-7-25)39-14-15-41-33-13-9-26(17-28(33)19-39)27-8-12-31-32(18-27)38-24(5)37-31/h6-13,17-18,40H,14-16,19-20H2,1-5H3,(H,37,38)/b30-23-,36-22?. The molecule has 0 aliphatic carbocycles. The van der Waals surface area contributed by atoms with Crippen LogP contribution < -0.4 is 4.74 Å². The van der Waals surface area contributed by atoms with Gasteiger partial charge >= 0.3 is 0 Å². The van der Waals surface area contributed by atoms with Crippen molar-refractivity contribution in [3.8, 4) is 16.9 Å². The van der Waals surface area contributed by atoms with E-state index in [4.69, 9.17) is 9.73 Å². The van der Waals surface area contributed by atoms with Gasteiger partial charge in [-0.25, -0.2) is 9.37 Å². The molecule has 0 unspecified atom stereocenters. The van der Waals surface area contributed by atoms with Gasteiger partial charge in [-0.3, -0.25) is 4.99 Å². The van der Waals surface area contributed by atoms with Crippen molar-refractivity contribution in [2.24, 2.45) is 4.99 Å². The van der Waals surface area contributed by atoms with Gasteiger partial charge in [-0.05, 0) is 87.7 Å². The zero-order valence-corrected chi connectivity index (χ0v) is 24.4. The number of H-pyrrole nitrogens is 1. The number of aliphatic imine (C=N–C) groups is 1. The lowest BCUT2D eigenvalue weighted by molar-refractivity contribution is 0.264. The van der Waals surface area contributed by atoms with Crippen molar-refractivity contribution < 1.29 is 14.2 Å². The van der Waals surface area contributed by atoms with Crippen LogP contribution in [0, 0.1) is 12.7 Å². The van der Waals surface area contributed by atoms with E-state index in [2.05, 4.69) is 59.0 Å². The topological polar surface area (TPSA) is 73.7 Å². The summed E-state index contributed by atoms with van der Waals surface area (Å²) in [6, 6.07) is 19.3. The molecule has 0 saturated carbocycles. The van der Waals surface area contributed by atoms with Crippen LogP contribution in [0.15, 0.2) is 88.2 Å². The zero-order chi connectivity index (χ0) is 29.1. The van der Waals surface area contributed by atoms with Gasteiger partial charge in [0.1, 0.15) is 24.0 Å². The van der Waals surface area contributed by atoms with Gasteiger partial charge in [-0.15, -0.1) is 0 Å². The number of hydrogen-bond donors (Lipinski definition) is 2. The largest absolute Gasteiger partial charge is 0.491 e. The van der Waals surface area contributed by atoms with Crippen molar-refractivity contribution in [2.45, 2.75) is 47.6 Å². The SMILES string of the molecule is CC(CO)=N/C(C)=C(/Cc1ccc(F)cc1)C(=C(C)C)N1CCOc2ccc(-c3ccc4nc(C)[nH]c4c3)cc2C1. The highest BCUT2D eigenvalue weighted by Gasteiger charge is 2.23. The molecule has 0 fully saturated rings. The molecule has 212 valence electrons. The van der Waals surface area contributed by atoms with Crippen LogP contribution in [0.5, 0.6) is 5.75 Å². The number of aliphatic hydroxyl groups is 1. The zero-order valence-electron chi connectivity index (χ0n) is 24.4. The third kappa shape index (κ3) is 6.41. The lowest BCUT2D eigenvalue weighted by atomic mass is 9.96. The number of allylic oxidation sites excluding steroid dienone is 3. The Morgan fingerprint density at radius 1 is 1.02 bits per heavy atom. The molecule has 7 heteroatoms. The third-order valence-electron chi connectivity index (χ3n) is 7.37. The molecule has 3 aromatic carbocycles. The number of rotatable bonds is 7. The van der Waals surface area contributed by atoms with Gasteiger partial charge in [-0.1, -0.05) is 29.8 Å². The molecule has 0 spiro atoms. The van der Waals surface area contributed by atoms with Gasteiger partial charge in [0.05, 0.1) is 24.2 Å². The van der Waals surface area contributed by atoms with Gasteiger partial charge in [0, 0.05) is 41.2 Å². The predicted octanol–water partition coefficient (Wildman–Crippen LogP) is 7.14. The van der Waals surface area contributed by atoms with Gasteiger partial charge in [-0.2, -0.15) is 0 Å². The first-order valence-corrected chi connectivity index (χ1v) is 14.0. The van der Waals surface area contributed by atoms with E-state index in [0.29, 0.717) is 31.8 Å². The van der Waals surface area contributed by atoms with E-state index >= 15 is 0 Å². The van der Waals surface area contributed by atoms with Crippen LogP contribution in [0.2, 0.25) is 0 Å². The van der Waals surface area contributed by atoms with E-state index in [9.17, 15) is 9.50 Å². The summed E-state index contributed by atoms with van der Waals surface area (Å²) in [4.78, 5) is 15.0. The lowest BCUT2D eigenvalue weighted by Crippen LogP contribution is -2.28. The Bertz CT molecular complexity index is 1660. The molecular weight excluding hydrogens is 515 g/mol. The van der Waals surface area contributed by atoms with Crippen molar-refractivity contribution in [3.63, 3.8) is 0 Å². The van der Waals surface area contributed by atoms with Crippen LogP contribution >= 0.6 is 0 Å². The van der Waals surface area contributed by atoms with Gasteiger partial charge in [0.25, 0.3) is 0 Å². The Kier molecular flexibility index (Phi) is 8.36. The number of imidazole rings is 1. The third-order valence-corrected chi connectivity index (χ3v) is 7.37. The number of aliphatic hydroxyl groups excluding tert-OH is 1. The first-order chi connectivity index (χ1) is 19.7. The average molecular weight is 553 g/mol. The summed E-state index contributed by atoms with van der Waals surface area (Å²) in [6.45, 7) is 11.8. The quantitative estimate of drug-likeness (QED) is 0.189. The lowest BCUT2D eigenvalue weighted by Gasteiger charge is -2.30. The summed E-state index contributed by atoms with van der Waals surface area (Å²) in [7, 11) is 0. The number of benzene rings is 3. The Morgan fingerprint density at radius 3 is 2.49 bits per heavy atom. The predicted molar refractivity (Wildman–Crippen MR) is 164 cm³/mol. The van der Waals surface area contributed by atoms with Crippen LogP contribution in [0.1, 0.15) is 44.6 Å². The van der Waals surface area contributed by atoms with Gasteiger partial charge in [0.2, 0.25) is 0 Å². The average Bonchev–Trinajstić information content (AvgIpc) is 3.20. The van der Waals surface area contributed by atoms with Crippen LogP contribution in [-0.4, -0.2) is 45.4 Å². The molecule has 4 aromatic rings. The van der Waals surface area contributed by atoms with Crippen molar-refractivity contribution in [3.05, 3.63) is 106 Å². The highest BCUT2D eigenvalue weighted by atomic mass is 19.1. The second-order valence-electron chi connectivity index (χ2n) is 10.9. The molecule has 0 bridgehead atoms. The summed E-state index contributed by atoms with van der Waals surface area (Å²) in [5.74, 6) is 1.53. The van der Waals surface area contributed by atoms with E-state index in [-0.39, 0.29) is 12.4 Å². The molecule has 6 nitrogen and oxygen atoms in total. The summed E-state index contributed by atoms with van der Waals surface area (Å²) < 4.78 is 19.9. The number of ether oxygens (including phenoxy) is 1. The van der Waals surface area contributed by atoms with Crippen molar-refractivity contribution in [2.75, 3.05) is 19.8 Å². The number of aryl methyl sites for hydroxylation is 1. The van der Waals surface area contributed by atoms with E-state index in [1.54, 1.807) is 0 Å². The first-order valence-electron chi connectivity index (χ1n) is 14.0. The molecule has 0 atom stereocenters. The summed E-state index contributed by atoms with van der Waals surface area (Å²) in [6.07, 6.45) is 0.586. The molecule has 5 rings (SSSR count). The van der Waals surface area contributed by atoms with Crippen LogP contribution in [0.25, 0.3) is 22.2 Å². The molecule has 0 radical (unpaired) electrons. The molecule has 1 aromatic heterocycles. The van der Waals surface area contributed by atoms with Crippen LogP contribution in [0.4, 0.5) is 4.39 Å². The number of aromatic amines is 1. The normalized spacial score (nSPS) is 14.3. The highest BCUT2D eigenvalue weighted by Crippen LogP contribution is 2.34. The van der Waals surface area contributed by atoms with Crippen molar-refractivity contribution in [1.29, 1.82) is 0 Å². The second kappa shape index (κ2) is 12.1. The Hall–Kier alpha value is -4.23. The molecule has 1 aliphatic heterocycles. The monoisotopic (exact) mass is 552 g/mol. The number of aromatic nitrogens is 2. The molecule has 0 amide bonds. The van der Waals surface area contributed by atoms with Crippen LogP contribution in [-0.2, 0) is 13.0 Å². The maximum Gasteiger partial charge on any atom is 0.124 e. The summed E-state index contributed by atoms with van der Waals surface area (Å²) in [5, 5.41) is 9.67. The molecular formula is C34H37FN4O2. The Morgan fingerprint density at radius 2 is 1.76 bits per heavy atom. The Balaban J connectivity index is 1.53. The number of hydrogen-bond acceptors (Lipinski definition) is 5. The fourth-order valence-electron chi connectivity index (χ4n) is 5.47. The molecule has 2 heterocycles. The van der Waals surface area contributed by atoms with E-state index < -0.39 is 0 Å². The van der Waals surface area contributed by atoms with Crippen LogP contribution in [0.3, 0.4) is 0 Å². The first kappa shape index (κ1) is 28.3. The number of halogens is 1. The molecule has 41 heavy (non-hydrogen) atoms. The van der Waals surface area contributed by atoms with Gasteiger partial charge in [0.15, 0.2) is 0 Å². The minimum absolute atomic E-state index is 0.108. The fourth-order valence-corrected chi connectivity index (χ4v) is 5.47. The maximum absolute atomic E-state index is 13.7. The van der Waals surface area contributed by atoms with Crippen molar-refractivity contribution >= 4 is 16.7 Å². The van der Waals surface area contributed by atoms with E-state index in [1.807, 2.05) is 39.0 Å². The Labute approximate surface area is 240 Å². The maximum atomic E-state index is 13.7. The molecule has 2 N–H and O–H groups in total. The fraction of sp³-hybridized carbons (Fsp3) is 0.294. The smallest absolute Gasteiger partial charge is 0.124 e. The minimum Gasteiger partial charge on any atom is -0.491 e. The number of nitrogens with one attached hydrogen (secondary N) is 1. The summed E-state index contributed by atoms with van der Waals surface area (Å²) in [5.41, 5.74) is 11.1. The number of fused-ring (bicyclic) bond motifs is 2. The van der Waals surface area contributed by atoms with Gasteiger partial charge < -0.3 is 19.7 Å². The number of nitrogens with zero attached hydrogens (tertiary/aromatic N) is 3. The summed E-state index contributed by atoms with van der Waals surface area (Å²) >= 11 is 0. The molecule has 0 saturated heterocycles. The second-order valence-corrected chi connectivity index (χ2v) is 10.9. The minimum atomic E-state index is -0.258. The molecule has 1 aliphatic rings. The highest BCUT2D eigenvalue weighted by molar-refractivity contribution is 5.84. The van der Waals surface area contributed by atoms with Crippen molar-refractivity contribution in [1.82, 2.24) is 14.9 Å². The van der Waals surface area contributed by atoms with E-state index in [1.165, 1.54) is 12.1 Å². The van der Waals surface area contributed by atoms with E-state index in [0.717, 1.165) is 67.4 Å².